The fourth-order valence-electron chi connectivity index (χ4n) is 4.15. The summed E-state index contributed by atoms with van der Waals surface area (Å²) in [5.41, 5.74) is 5.13. The van der Waals surface area contributed by atoms with Crippen LogP contribution in [-0.2, 0) is 6.42 Å². The van der Waals surface area contributed by atoms with E-state index < -0.39 is 0 Å². The van der Waals surface area contributed by atoms with E-state index in [1.807, 2.05) is 12.1 Å². The van der Waals surface area contributed by atoms with Gasteiger partial charge in [0.25, 0.3) is 0 Å². The molecule has 0 atom stereocenters. The molecule has 0 N–H and O–H groups in total. The third-order valence-corrected chi connectivity index (χ3v) is 5.64. The van der Waals surface area contributed by atoms with Crippen LogP contribution in [0.1, 0.15) is 25.3 Å². The Balaban J connectivity index is 1.58. The molecule has 0 spiro atoms. The van der Waals surface area contributed by atoms with Gasteiger partial charge in [0, 0.05) is 31.4 Å². The van der Waals surface area contributed by atoms with Crippen molar-refractivity contribution in [2.75, 3.05) is 31.1 Å². The lowest BCUT2D eigenvalue weighted by atomic mass is 10.0. The predicted octanol–water partition coefficient (Wildman–Crippen LogP) is 4.34. The van der Waals surface area contributed by atoms with Gasteiger partial charge in [-0.15, -0.1) is 0 Å². The lowest BCUT2D eigenvalue weighted by Gasteiger charge is -2.37. The van der Waals surface area contributed by atoms with Gasteiger partial charge in [0.1, 0.15) is 5.82 Å². The second-order valence-corrected chi connectivity index (χ2v) is 6.96. The molecule has 0 unspecified atom stereocenters. The number of fused-ring (bicyclic) bond motifs is 1. The highest BCUT2D eigenvalue weighted by Gasteiger charge is 2.29. The molecule has 1 saturated heterocycles. The van der Waals surface area contributed by atoms with Gasteiger partial charge < -0.3 is 9.80 Å². The van der Waals surface area contributed by atoms with Crippen molar-refractivity contribution in [3.8, 4) is 11.1 Å². The zero-order chi connectivity index (χ0) is 16.5. The predicted molar refractivity (Wildman–Crippen MR) is 98.0 cm³/mol. The van der Waals surface area contributed by atoms with Crippen molar-refractivity contribution < 1.29 is 4.39 Å². The molecule has 2 aromatic carbocycles. The highest BCUT2D eigenvalue weighted by molar-refractivity contribution is 5.72. The summed E-state index contributed by atoms with van der Waals surface area (Å²) in [6.07, 6.45) is 3.66. The molecule has 1 fully saturated rings. The van der Waals surface area contributed by atoms with Crippen LogP contribution in [0.25, 0.3) is 11.1 Å². The van der Waals surface area contributed by atoms with E-state index >= 15 is 0 Å². The van der Waals surface area contributed by atoms with Crippen LogP contribution in [0.4, 0.5) is 10.1 Å². The van der Waals surface area contributed by atoms with E-state index in [-0.39, 0.29) is 5.82 Å². The number of hydrogen-bond donors (Lipinski definition) is 0. The van der Waals surface area contributed by atoms with Gasteiger partial charge in [-0.25, -0.2) is 4.39 Å². The molecule has 0 amide bonds. The van der Waals surface area contributed by atoms with Gasteiger partial charge in [0.2, 0.25) is 0 Å². The second-order valence-electron chi connectivity index (χ2n) is 6.96. The maximum absolute atomic E-state index is 13.2. The Labute approximate surface area is 143 Å². The number of anilines is 1. The molecule has 2 aromatic rings. The maximum atomic E-state index is 13.2. The normalized spacial score (nSPS) is 18.8. The molecular weight excluding hydrogens is 299 g/mol. The molecule has 3 heteroatoms. The topological polar surface area (TPSA) is 6.48 Å². The molecule has 2 aliphatic heterocycles. The van der Waals surface area contributed by atoms with Gasteiger partial charge >= 0.3 is 0 Å². The number of nitrogens with zero attached hydrogens (tertiary/aromatic N) is 2. The Morgan fingerprint density at radius 3 is 2.38 bits per heavy atom. The summed E-state index contributed by atoms with van der Waals surface area (Å²) in [5.74, 6) is -0.177. The molecule has 2 aliphatic rings. The number of hydrogen-bond acceptors (Lipinski definition) is 2. The van der Waals surface area contributed by atoms with Crippen molar-refractivity contribution in [1.82, 2.24) is 4.90 Å². The monoisotopic (exact) mass is 324 g/mol. The van der Waals surface area contributed by atoms with Gasteiger partial charge in [-0.3, -0.25) is 0 Å². The van der Waals surface area contributed by atoms with Gasteiger partial charge in [0.05, 0.1) is 0 Å². The van der Waals surface area contributed by atoms with Crippen LogP contribution < -0.4 is 4.90 Å². The fourth-order valence-corrected chi connectivity index (χ4v) is 4.15. The number of halogens is 1. The lowest BCUT2D eigenvalue weighted by molar-refractivity contribution is 0.219. The Bertz CT molecular complexity index is 702. The van der Waals surface area contributed by atoms with E-state index in [2.05, 4.69) is 34.9 Å². The minimum atomic E-state index is -0.177. The summed E-state index contributed by atoms with van der Waals surface area (Å²) in [5, 5.41) is 0. The minimum absolute atomic E-state index is 0.177. The summed E-state index contributed by atoms with van der Waals surface area (Å²) >= 11 is 0. The molecule has 4 rings (SSSR count). The van der Waals surface area contributed by atoms with Crippen LogP contribution in [0.5, 0.6) is 0 Å². The Kier molecular flexibility index (Phi) is 4.28. The molecule has 2 nitrogen and oxygen atoms in total. The summed E-state index contributed by atoms with van der Waals surface area (Å²) in [6.45, 7) is 6.98. The van der Waals surface area contributed by atoms with E-state index in [1.165, 1.54) is 42.7 Å². The molecule has 24 heavy (non-hydrogen) atoms. The van der Waals surface area contributed by atoms with Crippen molar-refractivity contribution in [3.05, 3.63) is 53.8 Å². The van der Waals surface area contributed by atoms with Crippen molar-refractivity contribution in [2.24, 2.45) is 0 Å². The summed E-state index contributed by atoms with van der Waals surface area (Å²) in [7, 11) is 0. The Morgan fingerprint density at radius 1 is 0.958 bits per heavy atom. The summed E-state index contributed by atoms with van der Waals surface area (Å²) < 4.78 is 13.2. The number of rotatable bonds is 3. The zero-order valence-corrected chi connectivity index (χ0v) is 14.3. The molecule has 0 saturated carbocycles. The average Bonchev–Trinajstić information content (AvgIpc) is 3.05. The molecule has 126 valence electrons. The average molecular weight is 324 g/mol. The van der Waals surface area contributed by atoms with E-state index in [0.29, 0.717) is 6.04 Å². The highest BCUT2D eigenvalue weighted by atomic mass is 19.1. The highest BCUT2D eigenvalue weighted by Crippen LogP contribution is 2.36. The second kappa shape index (κ2) is 6.56. The standard InChI is InChI=1S/C21H25FN2/c1-2-23-12-10-20(11-13-23)24-14-9-17-3-4-18(15-21(17)24)16-5-7-19(22)8-6-16/h3-8,15,20H,2,9-14H2,1H3. The number of benzene rings is 2. The fraction of sp³-hybridized carbons (Fsp3) is 0.429. The van der Waals surface area contributed by atoms with Crippen LogP contribution in [-0.4, -0.2) is 37.1 Å². The summed E-state index contributed by atoms with van der Waals surface area (Å²) in [4.78, 5) is 5.16. The van der Waals surface area contributed by atoms with Gasteiger partial charge in [-0.1, -0.05) is 31.2 Å². The van der Waals surface area contributed by atoms with Gasteiger partial charge in [0.15, 0.2) is 0 Å². The van der Waals surface area contributed by atoms with Crippen LogP contribution in [0, 0.1) is 5.82 Å². The van der Waals surface area contributed by atoms with Crippen molar-refractivity contribution in [3.63, 3.8) is 0 Å². The van der Waals surface area contributed by atoms with Crippen LogP contribution >= 0.6 is 0 Å². The quantitative estimate of drug-likeness (QED) is 0.829. The van der Waals surface area contributed by atoms with Crippen LogP contribution in [0.2, 0.25) is 0 Å². The largest absolute Gasteiger partial charge is 0.368 e. The Hall–Kier alpha value is -1.87. The van der Waals surface area contributed by atoms with Gasteiger partial charge in [-0.05, 0) is 60.7 Å². The van der Waals surface area contributed by atoms with Crippen molar-refractivity contribution >= 4 is 5.69 Å². The third-order valence-electron chi connectivity index (χ3n) is 5.64. The first-order valence-corrected chi connectivity index (χ1v) is 9.12. The molecule has 0 radical (unpaired) electrons. The zero-order valence-electron chi connectivity index (χ0n) is 14.3. The lowest BCUT2D eigenvalue weighted by Crippen LogP contribution is -2.44. The Morgan fingerprint density at radius 2 is 1.67 bits per heavy atom. The number of likely N-dealkylation sites (tertiary alicyclic amines) is 1. The van der Waals surface area contributed by atoms with Crippen LogP contribution in [0.15, 0.2) is 42.5 Å². The first-order valence-electron chi connectivity index (χ1n) is 9.12. The first kappa shape index (κ1) is 15.6. The smallest absolute Gasteiger partial charge is 0.123 e. The minimum Gasteiger partial charge on any atom is -0.368 e. The van der Waals surface area contributed by atoms with Crippen molar-refractivity contribution in [1.29, 1.82) is 0 Å². The maximum Gasteiger partial charge on any atom is 0.123 e. The number of piperidine rings is 1. The van der Waals surface area contributed by atoms with E-state index in [9.17, 15) is 4.39 Å². The van der Waals surface area contributed by atoms with Crippen LogP contribution in [0.3, 0.4) is 0 Å². The first-order chi connectivity index (χ1) is 11.7. The molecular formula is C21H25FN2. The van der Waals surface area contributed by atoms with Crippen molar-refractivity contribution in [2.45, 2.75) is 32.2 Å². The summed E-state index contributed by atoms with van der Waals surface area (Å²) in [6, 6.07) is 14.2. The molecule has 0 aromatic heterocycles. The van der Waals surface area contributed by atoms with E-state index in [1.54, 1.807) is 12.1 Å². The molecule has 0 bridgehead atoms. The molecule has 0 aliphatic carbocycles. The van der Waals surface area contributed by atoms with E-state index in [4.69, 9.17) is 0 Å². The third kappa shape index (κ3) is 2.93. The SMILES string of the molecule is CCN1CCC(N2CCc3ccc(-c4ccc(F)cc4)cc32)CC1. The molecule has 2 heterocycles. The van der Waals surface area contributed by atoms with Gasteiger partial charge in [-0.2, -0.15) is 0 Å². The van der Waals surface area contributed by atoms with E-state index in [0.717, 1.165) is 25.1 Å².